The van der Waals surface area contributed by atoms with Gasteiger partial charge in [0.2, 0.25) is 17.7 Å². The highest BCUT2D eigenvalue weighted by atomic mass is 16.8. The summed E-state index contributed by atoms with van der Waals surface area (Å²) in [5, 5.41) is 185. The molecule has 4 rings (SSSR count). The number of aliphatic hydroxyl groups is 14. The molecule has 19 N–H and O–H groups in total. The molecule has 0 aromatic heterocycles. The first-order valence-corrected chi connectivity index (χ1v) is 39.9. The minimum absolute atomic E-state index is 0.151. The topological polar surface area (TPSA) is 519 Å². The molecule has 0 aliphatic carbocycles. The number of amides is 3. The van der Waals surface area contributed by atoms with Crippen LogP contribution in [-0.2, 0) is 61.9 Å². The van der Waals surface area contributed by atoms with Crippen LogP contribution >= 0.6 is 0 Å². The Hall–Kier alpha value is -4.05. The number of carbonyl (C=O) groups is 5. The number of carboxylic acid groups (broad SMARTS) is 2. The normalized spacial score (nSPS) is 30.7. The lowest BCUT2D eigenvalue weighted by molar-refractivity contribution is -0.388. The Bertz CT molecular complexity index is 2560. The van der Waals surface area contributed by atoms with Crippen molar-refractivity contribution in [1.82, 2.24) is 16.0 Å². The summed E-state index contributed by atoms with van der Waals surface area (Å²) in [6, 6.07) is -4.73. The second kappa shape index (κ2) is 52.4. The van der Waals surface area contributed by atoms with Gasteiger partial charge in [0.15, 0.2) is 12.6 Å². The second-order valence-corrected chi connectivity index (χ2v) is 29.6. The fraction of sp³-hybridized carbons (Fsp3) is 0.882. The van der Waals surface area contributed by atoms with Crippen LogP contribution in [0, 0.1) is 0 Å². The highest BCUT2D eigenvalue weighted by molar-refractivity contribution is 5.78. The number of carboxylic acids is 2. The smallest absolute Gasteiger partial charge is 0.364 e. The molecule has 0 spiro atoms. The molecule has 24 atom stereocenters. The van der Waals surface area contributed by atoms with Crippen molar-refractivity contribution >= 4 is 29.7 Å². The molecule has 8 unspecified atom stereocenters. The Morgan fingerprint density at radius 3 is 1.39 bits per heavy atom. The lowest BCUT2D eigenvalue weighted by Gasteiger charge is -2.51. The number of carbonyl (C=O) groups excluding carboxylic acids is 3. The lowest BCUT2D eigenvalue weighted by atomic mass is 9.87. The van der Waals surface area contributed by atoms with E-state index in [0.29, 0.717) is 12.8 Å². The molecule has 4 aliphatic heterocycles. The summed E-state index contributed by atoms with van der Waals surface area (Å²) >= 11 is 0. The molecule has 0 bridgehead atoms. The van der Waals surface area contributed by atoms with E-state index in [1.807, 2.05) is 6.08 Å². The third-order valence-corrected chi connectivity index (χ3v) is 20.6. The number of hydrogen-bond donors (Lipinski definition) is 19. The molecule has 32 heteroatoms. The van der Waals surface area contributed by atoms with Gasteiger partial charge in [-0.05, 0) is 44.9 Å². The van der Waals surface area contributed by atoms with Crippen molar-refractivity contribution in [2.24, 2.45) is 0 Å². The number of nitrogens with one attached hydrogen (secondary N) is 3. The lowest BCUT2D eigenvalue weighted by Crippen LogP contribution is -2.72. The fourth-order valence-electron chi connectivity index (χ4n) is 14.3. The van der Waals surface area contributed by atoms with Gasteiger partial charge >= 0.3 is 11.9 Å². The number of rotatable bonds is 57. The van der Waals surface area contributed by atoms with E-state index in [2.05, 4.69) is 41.9 Å². The Morgan fingerprint density at radius 1 is 0.500 bits per heavy atom. The van der Waals surface area contributed by atoms with Gasteiger partial charge in [0.25, 0.3) is 11.6 Å². The molecular weight excluding hydrogens is 1420 g/mol. The van der Waals surface area contributed by atoms with Gasteiger partial charge in [0, 0.05) is 33.1 Å². The van der Waals surface area contributed by atoms with Gasteiger partial charge in [0.05, 0.1) is 69.5 Å². The Balaban J connectivity index is 1.45. The Labute approximate surface area is 636 Å². The fourth-order valence-corrected chi connectivity index (χ4v) is 14.3. The number of ether oxygens (including phenoxy) is 8. The van der Waals surface area contributed by atoms with Crippen LogP contribution < -0.4 is 16.0 Å². The van der Waals surface area contributed by atoms with Crippen LogP contribution in [-0.4, -0.2) is 290 Å². The Kier molecular flexibility index (Phi) is 46.7. The molecular formula is C76H135N3O29. The molecule has 4 saturated heterocycles. The monoisotopic (exact) mass is 1550 g/mol. The average Bonchev–Trinajstić information content (AvgIpc) is 0.758. The van der Waals surface area contributed by atoms with E-state index in [9.17, 15) is 106 Å². The standard InChI is InChI=1S/C76H135N3O29/c1-5-7-9-11-13-15-17-19-20-21-22-23-24-25-26-28-30-32-34-36-38-40-58(90)79-50(51(86)39-37-35-33-31-29-27-18-16-14-12-10-8-6-2)47-101-71-65(95)64(94)67(57(46-83)103-71)104-72-66(96)70(62(92)55(44-81)102-72)108-76(74(99)100)42-53(88)60(78-49(4)85)69(107-76)63(93)56(45-82)105-75(73(97)98)41-52(87)59(77-48(3)84)68(106-75)61(91)54(89)43-80/h19-20,37,39,50-57,59-72,80-83,86-89,91-96H,5-18,21-36,38,40-47H2,1-4H3,(H,77,84)(H,78,85)(H,79,90)(H,97,98)(H,99,100)/b20-19-,39-37+/t50-,51+,52?,53?,54+,55?,56+,57?,59+,60+,61+,62-,63+,64+,65?,66?,67+,68?,69?,70-,71+,72-,75+,76-/m0/s1. The Morgan fingerprint density at radius 2 is 0.935 bits per heavy atom. The van der Waals surface area contributed by atoms with Crippen LogP contribution in [0.3, 0.4) is 0 Å². The van der Waals surface area contributed by atoms with E-state index in [-0.39, 0.29) is 12.3 Å². The number of aliphatic carboxylic acids is 2. The molecule has 628 valence electrons. The zero-order chi connectivity index (χ0) is 79.8. The molecule has 0 aromatic carbocycles. The van der Waals surface area contributed by atoms with Crippen LogP contribution in [0.4, 0.5) is 0 Å². The van der Waals surface area contributed by atoms with Gasteiger partial charge in [0.1, 0.15) is 85.5 Å². The molecule has 32 nitrogen and oxygen atoms in total. The van der Waals surface area contributed by atoms with Crippen LogP contribution in [0.1, 0.15) is 246 Å². The number of aliphatic hydroxyl groups excluding tert-OH is 14. The zero-order valence-corrected chi connectivity index (χ0v) is 64.1. The first-order chi connectivity index (χ1) is 51.7. The summed E-state index contributed by atoms with van der Waals surface area (Å²) in [6.07, 6.45) is 1.06. The SMILES string of the molecule is CCCCCCCC/C=C\CCCCCCCCCCCCCC(=O)N[C@@H](CO[C@@H]1OC(CO)[C@@H](O[C@@H]2OC(CO)[C@H](O)[C@H](O[C@]3(C(=O)O)CC(O)[C@@H](NC(C)=O)C([C@H](O)[C@@H](CO)O[C@]4(C(=O)O)CC(O)[C@@H](NC(C)=O)C([C@H](O)[C@H](O)CO)O4)O3)C2O)[C@H](O)C1O)[C@H](O)/C=C/CCCCCCCCCCCCC. The van der Waals surface area contributed by atoms with E-state index >= 15 is 0 Å². The summed E-state index contributed by atoms with van der Waals surface area (Å²) in [4.78, 5) is 65.1. The van der Waals surface area contributed by atoms with Crippen molar-refractivity contribution in [3.8, 4) is 0 Å². The predicted octanol–water partition coefficient (Wildman–Crippen LogP) is 2.46. The van der Waals surface area contributed by atoms with Crippen LogP contribution in [0.5, 0.6) is 0 Å². The third kappa shape index (κ3) is 31.7. The van der Waals surface area contributed by atoms with Gasteiger partial charge < -0.3 is 136 Å². The van der Waals surface area contributed by atoms with Crippen molar-refractivity contribution < 1.29 is 144 Å². The van der Waals surface area contributed by atoms with Crippen LogP contribution in [0.25, 0.3) is 0 Å². The third-order valence-electron chi connectivity index (χ3n) is 20.6. The van der Waals surface area contributed by atoms with Crippen molar-refractivity contribution in [3.63, 3.8) is 0 Å². The highest BCUT2D eigenvalue weighted by Gasteiger charge is 2.62. The van der Waals surface area contributed by atoms with Crippen molar-refractivity contribution in [1.29, 1.82) is 0 Å². The van der Waals surface area contributed by atoms with Gasteiger partial charge in [-0.25, -0.2) is 9.59 Å². The van der Waals surface area contributed by atoms with Gasteiger partial charge in [-0.1, -0.05) is 192 Å². The second-order valence-electron chi connectivity index (χ2n) is 29.6. The maximum absolute atomic E-state index is 13.6. The van der Waals surface area contributed by atoms with Crippen molar-refractivity contribution in [2.75, 3.05) is 33.0 Å². The van der Waals surface area contributed by atoms with Crippen LogP contribution in [0.15, 0.2) is 24.3 Å². The summed E-state index contributed by atoms with van der Waals surface area (Å²) in [7, 11) is 0. The zero-order valence-electron chi connectivity index (χ0n) is 64.1. The van der Waals surface area contributed by atoms with E-state index in [1.54, 1.807) is 6.08 Å². The molecule has 4 aliphatic rings. The van der Waals surface area contributed by atoms with Gasteiger partial charge in [-0.15, -0.1) is 0 Å². The number of unbranched alkanes of at least 4 members (excludes halogenated alkanes) is 28. The van der Waals surface area contributed by atoms with Gasteiger partial charge in [-0.3, -0.25) is 14.4 Å². The molecule has 0 saturated carbocycles. The molecule has 3 amide bonds. The van der Waals surface area contributed by atoms with Crippen molar-refractivity contribution in [3.05, 3.63) is 24.3 Å². The number of hydrogen-bond acceptors (Lipinski definition) is 27. The van der Waals surface area contributed by atoms with E-state index < -0.39 is 216 Å². The van der Waals surface area contributed by atoms with Crippen LogP contribution in [0.2, 0.25) is 0 Å². The van der Waals surface area contributed by atoms with Gasteiger partial charge in [-0.2, -0.15) is 0 Å². The summed E-state index contributed by atoms with van der Waals surface area (Å²) in [6.45, 7) is 1.12. The number of allylic oxidation sites excluding steroid dienone is 3. The molecule has 0 aromatic rings. The minimum Gasteiger partial charge on any atom is -0.477 e. The van der Waals surface area contributed by atoms with E-state index in [4.69, 9.17) is 37.9 Å². The summed E-state index contributed by atoms with van der Waals surface area (Å²) in [5.41, 5.74) is 0. The largest absolute Gasteiger partial charge is 0.477 e. The predicted molar refractivity (Wildman–Crippen MR) is 391 cm³/mol. The first kappa shape index (κ1) is 96.3. The molecule has 108 heavy (non-hydrogen) atoms. The maximum Gasteiger partial charge on any atom is 0.364 e. The molecule has 0 radical (unpaired) electrons. The maximum atomic E-state index is 13.6. The van der Waals surface area contributed by atoms with E-state index in [0.717, 1.165) is 78.1 Å². The average molecular weight is 1550 g/mol. The van der Waals surface area contributed by atoms with Crippen molar-refractivity contribution in [2.45, 2.75) is 392 Å². The van der Waals surface area contributed by atoms with E-state index in [1.165, 1.54) is 122 Å². The summed E-state index contributed by atoms with van der Waals surface area (Å²) in [5.74, 6) is -13.1. The minimum atomic E-state index is -3.39. The first-order valence-electron chi connectivity index (χ1n) is 39.9. The molecule has 4 fully saturated rings. The molecule has 4 heterocycles. The quantitative estimate of drug-likeness (QED) is 0.0307. The highest BCUT2D eigenvalue weighted by Crippen LogP contribution is 2.41. The summed E-state index contributed by atoms with van der Waals surface area (Å²) < 4.78 is 46.5.